The number of carbonyl (C=O) groups is 1. The van der Waals surface area contributed by atoms with Crippen molar-refractivity contribution in [2.75, 3.05) is 26.7 Å². The topological polar surface area (TPSA) is 49.3 Å². The number of amides is 2. The van der Waals surface area contributed by atoms with Crippen molar-refractivity contribution in [3.63, 3.8) is 0 Å². The highest BCUT2D eigenvalue weighted by Crippen LogP contribution is 2.45. The summed E-state index contributed by atoms with van der Waals surface area (Å²) in [5.74, 6) is 0.567. The van der Waals surface area contributed by atoms with Crippen LogP contribution in [0.3, 0.4) is 0 Å². The quantitative estimate of drug-likeness (QED) is 0.681. The zero-order chi connectivity index (χ0) is 22.0. The van der Waals surface area contributed by atoms with E-state index in [1.54, 1.807) is 0 Å². The molecule has 166 valence electrons. The smallest absolute Gasteiger partial charge is 0.319 e. The number of carbonyl (C=O) groups excluding carboxylic acids is 1. The van der Waals surface area contributed by atoms with Crippen molar-refractivity contribution in [1.29, 1.82) is 0 Å². The Kier molecular flexibility index (Phi) is 6.31. The Hall–Kier alpha value is -2.43. The summed E-state index contributed by atoms with van der Waals surface area (Å²) in [5, 5.41) is 8.65. The van der Waals surface area contributed by atoms with Gasteiger partial charge in [-0.25, -0.2) is 4.79 Å². The average molecular weight is 421 g/mol. The minimum atomic E-state index is 0.0398. The third-order valence-electron chi connectivity index (χ3n) is 7.67. The number of nitrogens with zero attached hydrogens (tertiary/aromatic N) is 4. The zero-order valence-electron chi connectivity index (χ0n) is 19.5. The van der Waals surface area contributed by atoms with Gasteiger partial charge in [0.15, 0.2) is 0 Å². The van der Waals surface area contributed by atoms with Gasteiger partial charge >= 0.3 is 6.03 Å². The zero-order valence-corrected chi connectivity index (χ0v) is 19.5. The summed E-state index contributed by atoms with van der Waals surface area (Å²) in [6, 6.07) is 11.1. The molecular formula is C26H36N4O. The Morgan fingerprint density at radius 1 is 1.16 bits per heavy atom. The highest BCUT2D eigenvalue weighted by atomic mass is 16.2. The molecule has 2 aliphatic rings. The predicted molar refractivity (Wildman–Crippen MR) is 125 cm³/mol. The summed E-state index contributed by atoms with van der Waals surface area (Å²) in [5.41, 5.74) is 5.88. The van der Waals surface area contributed by atoms with Crippen LogP contribution in [0, 0.1) is 12.8 Å². The predicted octanol–water partition coefficient (Wildman–Crippen LogP) is 5.22. The van der Waals surface area contributed by atoms with Crippen LogP contribution in [-0.2, 0) is 11.8 Å². The molecule has 1 fully saturated rings. The molecule has 2 aromatic rings. The number of hydrogen-bond acceptors (Lipinski definition) is 3. The van der Waals surface area contributed by atoms with Gasteiger partial charge in [0.2, 0.25) is 0 Å². The molecule has 1 aliphatic carbocycles. The third kappa shape index (κ3) is 4.46. The van der Waals surface area contributed by atoms with Crippen LogP contribution >= 0.6 is 0 Å². The van der Waals surface area contributed by atoms with E-state index in [1.165, 1.54) is 24.0 Å². The van der Waals surface area contributed by atoms with E-state index in [9.17, 15) is 4.79 Å². The number of piperidine rings is 1. The van der Waals surface area contributed by atoms with E-state index < -0.39 is 0 Å². The second-order valence-electron chi connectivity index (χ2n) is 9.79. The molecular weight excluding hydrogens is 384 g/mol. The van der Waals surface area contributed by atoms with Crippen LogP contribution in [0.4, 0.5) is 4.79 Å². The van der Waals surface area contributed by atoms with Crippen molar-refractivity contribution >= 4 is 6.03 Å². The van der Waals surface area contributed by atoms with Crippen LogP contribution in [-0.4, -0.2) is 52.7 Å². The lowest BCUT2D eigenvalue weighted by atomic mass is 9.63. The number of aromatic nitrogens is 2. The fraction of sp³-hybridized carbons (Fsp3) is 0.577. The molecule has 0 N–H and O–H groups in total. The first-order valence-corrected chi connectivity index (χ1v) is 11.8. The number of hydrogen-bond donors (Lipinski definition) is 0. The van der Waals surface area contributed by atoms with Gasteiger partial charge in [0.05, 0.1) is 11.4 Å². The Labute approximate surface area is 186 Å². The van der Waals surface area contributed by atoms with Crippen LogP contribution in [0.15, 0.2) is 30.3 Å². The summed E-state index contributed by atoms with van der Waals surface area (Å²) in [6.45, 7) is 9.31. The van der Waals surface area contributed by atoms with Gasteiger partial charge in [-0.1, -0.05) is 26.0 Å². The highest BCUT2D eigenvalue weighted by Gasteiger charge is 2.38. The summed E-state index contributed by atoms with van der Waals surface area (Å²) < 4.78 is 0. The maximum Gasteiger partial charge on any atom is 0.319 e. The molecule has 2 heterocycles. The van der Waals surface area contributed by atoms with Gasteiger partial charge in [-0.2, -0.15) is 10.2 Å². The highest BCUT2D eigenvalue weighted by molar-refractivity contribution is 5.74. The van der Waals surface area contributed by atoms with Crippen molar-refractivity contribution in [2.45, 2.75) is 64.7 Å². The Balaban J connectivity index is 1.55. The molecule has 0 bridgehead atoms. The lowest BCUT2D eigenvalue weighted by molar-refractivity contribution is 0.145. The number of fused-ring (bicyclic) bond motifs is 1. The minimum Gasteiger partial charge on any atom is -0.328 e. The molecule has 0 radical (unpaired) electrons. The van der Waals surface area contributed by atoms with Crippen LogP contribution in [0.5, 0.6) is 0 Å². The summed E-state index contributed by atoms with van der Waals surface area (Å²) in [7, 11) is 1.97. The fourth-order valence-electron chi connectivity index (χ4n) is 5.20. The summed E-state index contributed by atoms with van der Waals surface area (Å²) in [6.07, 6.45) is 6.79. The number of benzene rings is 1. The lowest BCUT2D eigenvalue weighted by Crippen LogP contribution is -2.46. The van der Waals surface area contributed by atoms with E-state index in [0.717, 1.165) is 62.3 Å². The molecule has 4 rings (SSSR count). The van der Waals surface area contributed by atoms with Crippen molar-refractivity contribution in [2.24, 2.45) is 5.92 Å². The Bertz CT molecular complexity index is 920. The van der Waals surface area contributed by atoms with Crippen molar-refractivity contribution < 1.29 is 4.79 Å². The van der Waals surface area contributed by atoms with E-state index in [4.69, 9.17) is 0 Å². The molecule has 1 aromatic heterocycles. The maximum absolute atomic E-state index is 12.9. The lowest BCUT2D eigenvalue weighted by Gasteiger charge is -2.43. The Morgan fingerprint density at radius 2 is 1.94 bits per heavy atom. The number of urea groups is 1. The minimum absolute atomic E-state index is 0.0398. The first-order valence-electron chi connectivity index (χ1n) is 11.8. The second-order valence-corrected chi connectivity index (χ2v) is 9.79. The summed E-state index contributed by atoms with van der Waals surface area (Å²) in [4.78, 5) is 16.9. The number of aryl methyl sites for hydroxylation is 2. The van der Waals surface area contributed by atoms with Crippen LogP contribution in [0.1, 0.15) is 62.8 Å². The van der Waals surface area contributed by atoms with Crippen LogP contribution in [0.25, 0.3) is 11.3 Å². The standard InChI is InChI=1S/C26H36N4O/c1-19-8-10-21-11-12-22(24-13-9-20(2)27-28-24)18-23(21)26(19,3)14-17-29(4)25(31)30-15-6-5-7-16-30/h9,11-13,18-19H,5-8,10,14-17H2,1-4H3/t19-,26-/m1/s1. The molecule has 5 nitrogen and oxygen atoms in total. The second kappa shape index (κ2) is 8.97. The molecule has 0 saturated carbocycles. The van der Waals surface area contributed by atoms with E-state index >= 15 is 0 Å². The maximum atomic E-state index is 12.9. The van der Waals surface area contributed by atoms with E-state index in [1.807, 2.05) is 29.8 Å². The number of likely N-dealkylation sites (tertiary alicyclic amines) is 1. The Morgan fingerprint density at radius 3 is 2.65 bits per heavy atom. The number of rotatable bonds is 4. The van der Waals surface area contributed by atoms with Crippen molar-refractivity contribution in [3.05, 3.63) is 47.2 Å². The van der Waals surface area contributed by atoms with Gasteiger partial charge in [0.1, 0.15) is 0 Å². The molecule has 31 heavy (non-hydrogen) atoms. The van der Waals surface area contributed by atoms with Gasteiger partial charge in [-0.3, -0.25) is 0 Å². The van der Waals surface area contributed by atoms with Gasteiger partial charge in [0.25, 0.3) is 0 Å². The summed E-state index contributed by atoms with van der Waals surface area (Å²) >= 11 is 0. The van der Waals surface area contributed by atoms with Crippen LogP contribution < -0.4 is 0 Å². The average Bonchev–Trinajstić information content (AvgIpc) is 2.80. The van der Waals surface area contributed by atoms with Gasteiger partial charge in [0, 0.05) is 32.2 Å². The van der Waals surface area contributed by atoms with E-state index in [-0.39, 0.29) is 11.4 Å². The van der Waals surface area contributed by atoms with Gasteiger partial charge < -0.3 is 9.80 Å². The largest absolute Gasteiger partial charge is 0.328 e. The van der Waals surface area contributed by atoms with E-state index in [0.29, 0.717) is 5.92 Å². The van der Waals surface area contributed by atoms with Crippen molar-refractivity contribution in [3.8, 4) is 11.3 Å². The SMILES string of the molecule is Cc1ccc(-c2ccc3c(c2)[C@](C)(CCN(C)C(=O)N2CCCCC2)[C@H](C)CC3)nn1. The third-order valence-corrected chi connectivity index (χ3v) is 7.67. The monoisotopic (exact) mass is 420 g/mol. The normalized spacial score (nSPS) is 23.4. The molecule has 0 spiro atoms. The first kappa shape index (κ1) is 21.8. The molecule has 5 heteroatoms. The fourth-order valence-corrected chi connectivity index (χ4v) is 5.20. The van der Waals surface area contributed by atoms with Crippen molar-refractivity contribution in [1.82, 2.24) is 20.0 Å². The molecule has 1 saturated heterocycles. The van der Waals surface area contributed by atoms with Gasteiger partial charge in [-0.05, 0) is 86.1 Å². The van der Waals surface area contributed by atoms with Crippen LogP contribution in [0.2, 0.25) is 0 Å². The molecule has 1 aromatic carbocycles. The van der Waals surface area contributed by atoms with E-state index in [2.05, 4.69) is 48.3 Å². The van der Waals surface area contributed by atoms with Gasteiger partial charge in [-0.15, -0.1) is 0 Å². The molecule has 2 atom stereocenters. The molecule has 1 aliphatic heterocycles. The first-order chi connectivity index (χ1) is 14.9. The molecule has 0 unspecified atom stereocenters. The molecule has 2 amide bonds.